The average molecular weight is 453 g/mol. The maximum Gasteiger partial charge on any atom is 0.277 e. The third kappa shape index (κ3) is 7.40. The van der Waals surface area contributed by atoms with Crippen LogP contribution >= 0.6 is 27.5 Å². The van der Waals surface area contributed by atoms with Crippen molar-refractivity contribution in [3.63, 3.8) is 0 Å². The van der Waals surface area contributed by atoms with E-state index in [0.29, 0.717) is 22.2 Å². The second kappa shape index (κ2) is 10.1. The van der Waals surface area contributed by atoms with Crippen LogP contribution in [0.5, 0.6) is 5.75 Å². The highest BCUT2D eigenvalue weighted by atomic mass is 79.9. The summed E-state index contributed by atoms with van der Waals surface area (Å²) in [4.78, 5) is 23.8. The minimum absolute atomic E-state index is 0.0512. The third-order valence-electron chi connectivity index (χ3n) is 3.41. The van der Waals surface area contributed by atoms with E-state index in [2.05, 4.69) is 31.8 Å². The lowest BCUT2D eigenvalue weighted by Crippen LogP contribution is -2.26. The summed E-state index contributed by atoms with van der Waals surface area (Å²) in [5.41, 5.74) is 4.40. The van der Waals surface area contributed by atoms with Crippen molar-refractivity contribution >= 4 is 50.7 Å². The summed E-state index contributed by atoms with van der Waals surface area (Å²) < 4.78 is 6.40. The fourth-order valence-corrected chi connectivity index (χ4v) is 2.72. The summed E-state index contributed by atoms with van der Waals surface area (Å²) >= 11 is 9.17. The molecule has 0 unspecified atom stereocenters. The number of rotatable bonds is 7. The average Bonchev–Trinajstić information content (AvgIpc) is 2.61. The number of ether oxygens (including phenoxy) is 1. The molecule has 0 atom stereocenters. The summed E-state index contributed by atoms with van der Waals surface area (Å²) in [6, 6.07) is 12.3. The van der Waals surface area contributed by atoms with Gasteiger partial charge in [0.05, 0.1) is 6.42 Å². The van der Waals surface area contributed by atoms with Crippen LogP contribution < -0.4 is 15.5 Å². The van der Waals surface area contributed by atoms with Crippen molar-refractivity contribution in [2.75, 3.05) is 11.9 Å². The first-order valence-electron chi connectivity index (χ1n) is 8.10. The van der Waals surface area contributed by atoms with Crippen LogP contribution in [-0.2, 0) is 9.59 Å². The van der Waals surface area contributed by atoms with Gasteiger partial charge in [-0.1, -0.05) is 27.5 Å². The van der Waals surface area contributed by atoms with Crippen LogP contribution in [0, 0.1) is 6.92 Å². The molecule has 0 heterocycles. The Labute approximate surface area is 171 Å². The maximum absolute atomic E-state index is 12.0. The van der Waals surface area contributed by atoms with Crippen molar-refractivity contribution in [1.82, 2.24) is 5.43 Å². The molecule has 0 bridgehead atoms. The molecule has 142 valence electrons. The molecule has 27 heavy (non-hydrogen) atoms. The van der Waals surface area contributed by atoms with E-state index >= 15 is 0 Å². The molecule has 0 saturated carbocycles. The second-order valence-corrected chi connectivity index (χ2v) is 7.16. The summed E-state index contributed by atoms with van der Waals surface area (Å²) in [5, 5.41) is 7.23. The molecule has 8 heteroatoms. The molecule has 0 aliphatic carbocycles. The SMILES string of the molecule is CC(CC(=O)Nc1ccc(Cl)cc1)=NNC(=O)COc1ccc(Br)cc1C. The molecular weight excluding hydrogens is 434 g/mol. The van der Waals surface area contributed by atoms with E-state index < -0.39 is 5.91 Å². The molecule has 2 rings (SSSR count). The molecule has 0 radical (unpaired) electrons. The highest BCUT2D eigenvalue weighted by Gasteiger charge is 2.07. The van der Waals surface area contributed by atoms with Gasteiger partial charge in [0, 0.05) is 20.9 Å². The van der Waals surface area contributed by atoms with Gasteiger partial charge in [-0.25, -0.2) is 5.43 Å². The quantitative estimate of drug-likeness (QED) is 0.485. The molecule has 6 nitrogen and oxygen atoms in total. The lowest BCUT2D eigenvalue weighted by Gasteiger charge is -2.09. The lowest BCUT2D eigenvalue weighted by molar-refractivity contribution is -0.123. The maximum atomic E-state index is 12.0. The normalized spacial score (nSPS) is 11.0. The van der Waals surface area contributed by atoms with E-state index in [0.717, 1.165) is 10.0 Å². The summed E-state index contributed by atoms with van der Waals surface area (Å²) in [6.45, 7) is 3.37. The smallest absolute Gasteiger partial charge is 0.277 e. The zero-order chi connectivity index (χ0) is 19.8. The number of anilines is 1. The van der Waals surface area contributed by atoms with E-state index in [1.54, 1.807) is 37.3 Å². The van der Waals surface area contributed by atoms with Gasteiger partial charge in [-0.15, -0.1) is 0 Å². The van der Waals surface area contributed by atoms with Crippen molar-refractivity contribution in [1.29, 1.82) is 0 Å². The molecule has 2 N–H and O–H groups in total. The summed E-state index contributed by atoms with van der Waals surface area (Å²) in [5.74, 6) is -0.0271. The molecular formula is C19H19BrClN3O3. The molecule has 0 spiro atoms. The molecule has 0 saturated heterocycles. The molecule has 0 aliphatic heterocycles. The Morgan fingerprint density at radius 2 is 1.85 bits per heavy atom. The first kappa shape index (κ1) is 20.9. The zero-order valence-electron chi connectivity index (χ0n) is 14.9. The number of carbonyl (C=O) groups is 2. The van der Waals surface area contributed by atoms with Crippen molar-refractivity contribution in [3.05, 3.63) is 57.5 Å². The monoisotopic (exact) mass is 451 g/mol. The molecule has 2 aromatic carbocycles. The van der Waals surface area contributed by atoms with Crippen LogP contribution in [0.15, 0.2) is 52.0 Å². The highest BCUT2D eigenvalue weighted by Crippen LogP contribution is 2.21. The van der Waals surface area contributed by atoms with E-state index in [9.17, 15) is 9.59 Å². The Morgan fingerprint density at radius 1 is 1.15 bits per heavy atom. The lowest BCUT2D eigenvalue weighted by atomic mass is 10.2. The molecule has 0 aliphatic rings. The van der Waals surface area contributed by atoms with Gasteiger partial charge in [-0.05, 0) is 61.9 Å². The van der Waals surface area contributed by atoms with Crippen molar-refractivity contribution in [2.45, 2.75) is 20.3 Å². The number of hydrazone groups is 1. The molecule has 2 amide bonds. The fraction of sp³-hybridized carbons (Fsp3) is 0.211. The Hall–Kier alpha value is -2.38. The van der Waals surface area contributed by atoms with E-state index in [4.69, 9.17) is 16.3 Å². The molecule has 0 fully saturated rings. The van der Waals surface area contributed by atoms with Crippen molar-refractivity contribution < 1.29 is 14.3 Å². The predicted octanol–water partition coefficient (Wildman–Crippen LogP) is 4.31. The minimum atomic E-state index is -0.408. The number of aryl methyl sites for hydroxylation is 1. The molecule has 0 aromatic heterocycles. The number of benzene rings is 2. The van der Waals surface area contributed by atoms with Gasteiger partial charge in [-0.3, -0.25) is 9.59 Å². The van der Waals surface area contributed by atoms with Crippen molar-refractivity contribution in [2.24, 2.45) is 5.10 Å². The number of amides is 2. The number of carbonyl (C=O) groups excluding carboxylic acids is 2. The van der Waals surface area contributed by atoms with Gasteiger partial charge in [0.25, 0.3) is 5.91 Å². The van der Waals surface area contributed by atoms with Crippen LogP contribution in [-0.4, -0.2) is 24.1 Å². The minimum Gasteiger partial charge on any atom is -0.483 e. The van der Waals surface area contributed by atoms with Crippen LogP contribution in [0.4, 0.5) is 5.69 Å². The Balaban J connectivity index is 1.77. The first-order chi connectivity index (χ1) is 12.8. The van der Waals surface area contributed by atoms with E-state index in [1.807, 2.05) is 19.1 Å². The fourth-order valence-electron chi connectivity index (χ4n) is 2.12. The first-order valence-corrected chi connectivity index (χ1v) is 9.27. The van der Waals surface area contributed by atoms with Gasteiger partial charge >= 0.3 is 0 Å². The largest absolute Gasteiger partial charge is 0.483 e. The van der Waals surface area contributed by atoms with Crippen LogP contribution in [0.1, 0.15) is 18.9 Å². The predicted molar refractivity (Wildman–Crippen MR) is 110 cm³/mol. The summed E-state index contributed by atoms with van der Waals surface area (Å²) in [7, 11) is 0. The number of halogens is 2. The Bertz CT molecular complexity index is 854. The van der Waals surface area contributed by atoms with Gasteiger partial charge in [0.1, 0.15) is 5.75 Å². The number of nitrogens with one attached hydrogen (secondary N) is 2. The number of hydrogen-bond donors (Lipinski definition) is 2. The zero-order valence-corrected chi connectivity index (χ0v) is 17.2. The number of nitrogens with zero attached hydrogens (tertiary/aromatic N) is 1. The third-order valence-corrected chi connectivity index (χ3v) is 4.16. The second-order valence-electron chi connectivity index (χ2n) is 5.81. The Morgan fingerprint density at radius 3 is 2.52 bits per heavy atom. The van der Waals surface area contributed by atoms with Gasteiger partial charge in [0.15, 0.2) is 6.61 Å². The summed E-state index contributed by atoms with van der Waals surface area (Å²) in [6.07, 6.45) is 0.0512. The van der Waals surface area contributed by atoms with Gasteiger partial charge in [-0.2, -0.15) is 5.10 Å². The highest BCUT2D eigenvalue weighted by molar-refractivity contribution is 9.10. The topological polar surface area (TPSA) is 79.8 Å². The van der Waals surface area contributed by atoms with Crippen molar-refractivity contribution in [3.8, 4) is 5.75 Å². The van der Waals surface area contributed by atoms with Crippen LogP contribution in [0.2, 0.25) is 5.02 Å². The standard InChI is InChI=1S/C19H19BrClN3O3/c1-12-9-14(20)3-8-17(12)27-11-19(26)24-23-13(2)10-18(25)22-16-6-4-15(21)5-7-16/h3-9H,10-11H2,1-2H3,(H,22,25)(H,24,26). The van der Waals surface area contributed by atoms with Gasteiger partial charge in [0.2, 0.25) is 5.91 Å². The van der Waals surface area contributed by atoms with E-state index in [-0.39, 0.29) is 18.9 Å². The Kier molecular flexibility index (Phi) is 7.82. The number of hydrogen-bond acceptors (Lipinski definition) is 4. The van der Waals surface area contributed by atoms with E-state index in [1.165, 1.54) is 0 Å². The van der Waals surface area contributed by atoms with Crippen LogP contribution in [0.25, 0.3) is 0 Å². The van der Waals surface area contributed by atoms with Crippen LogP contribution in [0.3, 0.4) is 0 Å². The molecule has 2 aromatic rings. The van der Waals surface area contributed by atoms with Gasteiger partial charge < -0.3 is 10.1 Å².